The molecule has 3 rings (SSSR count). The van der Waals surface area contributed by atoms with Gasteiger partial charge in [-0.05, 0) is 75.7 Å². The van der Waals surface area contributed by atoms with Gasteiger partial charge in [0.2, 0.25) is 0 Å². The molecule has 1 saturated heterocycles. The van der Waals surface area contributed by atoms with Crippen molar-refractivity contribution in [2.45, 2.75) is 44.6 Å². The van der Waals surface area contributed by atoms with Gasteiger partial charge in [-0.25, -0.2) is 0 Å². The Bertz CT molecular complexity index is 498. The van der Waals surface area contributed by atoms with E-state index in [1.54, 1.807) is 0 Å². The standard InChI is InChI=1S/C18H26N2O2.ClH/c21-18(20-13-14-5-4-10-19-12-14)15-6-3-9-17(11-15)22-16-7-1-2-8-16;/h3,6,9,11,14,16,19H,1-2,4-5,7-8,10,12-13H2,(H,20,21);1H. The van der Waals surface area contributed by atoms with E-state index in [2.05, 4.69) is 10.6 Å². The van der Waals surface area contributed by atoms with Crippen LogP contribution in [0.1, 0.15) is 48.9 Å². The smallest absolute Gasteiger partial charge is 0.251 e. The summed E-state index contributed by atoms with van der Waals surface area (Å²) >= 11 is 0. The lowest BCUT2D eigenvalue weighted by Gasteiger charge is -2.22. The summed E-state index contributed by atoms with van der Waals surface area (Å²) in [6.45, 7) is 2.86. The van der Waals surface area contributed by atoms with Crippen molar-refractivity contribution in [3.05, 3.63) is 29.8 Å². The van der Waals surface area contributed by atoms with E-state index in [9.17, 15) is 4.79 Å². The summed E-state index contributed by atoms with van der Waals surface area (Å²) in [6.07, 6.45) is 7.48. The average Bonchev–Trinajstić information content (AvgIpc) is 3.07. The lowest BCUT2D eigenvalue weighted by molar-refractivity contribution is 0.0944. The maximum atomic E-state index is 12.3. The Hall–Kier alpha value is -1.26. The number of halogens is 1. The van der Waals surface area contributed by atoms with Crippen LogP contribution in [0.5, 0.6) is 5.75 Å². The first kappa shape index (κ1) is 18.1. The molecule has 1 aromatic carbocycles. The highest BCUT2D eigenvalue weighted by atomic mass is 35.5. The molecule has 0 bridgehead atoms. The molecule has 1 unspecified atom stereocenters. The van der Waals surface area contributed by atoms with Gasteiger partial charge in [0.05, 0.1) is 6.10 Å². The van der Waals surface area contributed by atoms with Gasteiger partial charge in [0.1, 0.15) is 5.75 Å². The summed E-state index contributed by atoms with van der Waals surface area (Å²) < 4.78 is 5.97. The van der Waals surface area contributed by atoms with Crippen LogP contribution in [0.25, 0.3) is 0 Å². The summed E-state index contributed by atoms with van der Waals surface area (Å²) in [4.78, 5) is 12.3. The molecule has 5 heteroatoms. The Morgan fingerprint density at radius 2 is 2.04 bits per heavy atom. The fourth-order valence-corrected chi connectivity index (χ4v) is 3.35. The molecule has 0 aromatic heterocycles. The molecule has 0 radical (unpaired) electrons. The number of benzene rings is 1. The third-order valence-corrected chi connectivity index (χ3v) is 4.65. The van der Waals surface area contributed by atoms with Crippen LogP contribution in [0, 0.1) is 5.92 Å². The van der Waals surface area contributed by atoms with Crippen LogP contribution in [0.4, 0.5) is 0 Å². The second-order valence-electron chi connectivity index (χ2n) is 6.47. The van der Waals surface area contributed by atoms with Crippen molar-refractivity contribution in [3.63, 3.8) is 0 Å². The van der Waals surface area contributed by atoms with E-state index in [0.717, 1.165) is 38.2 Å². The molecule has 1 amide bonds. The van der Waals surface area contributed by atoms with Gasteiger partial charge in [0, 0.05) is 12.1 Å². The zero-order valence-corrected chi connectivity index (χ0v) is 14.4. The van der Waals surface area contributed by atoms with Crippen LogP contribution in [0.15, 0.2) is 24.3 Å². The molecular weight excluding hydrogens is 312 g/mol. The fourth-order valence-electron chi connectivity index (χ4n) is 3.35. The van der Waals surface area contributed by atoms with Crippen molar-refractivity contribution in [3.8, 4) is 5.75 Å². The number of rotatable bonds is 5. The Balaban J connectivity index is 0.00000192. The number of hydrogen-bond acceptors (Lipinski definition) is 3. The Morgan fingerprint density at radius 1 is 1.22 bits per heavy atom. The SMILES string of the molecule is Cl.O=C(NCC1CCCNC1)c1cccc(OC2CCCC2)c1. The summed E-state index contributed by atoms with van der Waals surface area (Å²) in [5.41, 5.74) is 0.694. The van der Waals surface area contributed by atoms with Crippen LogP contribution < -0.4 is 15.4 Å². The first-order chi connectivity index (χ1) is 10.8. The van der Waals surface area contributed by atoms with Gasteiger partial charge in [-0.15, -0.1) is 12.4 Å². The molecule has 23 heavy (non-hydrogen) atoms. The van der Waals surface area contributed by atoms with E-state index in [0.29, 0.717) is 17.6 Å². The maximum absolute atomic E-state index is 12.3. The number of carbonyl (C=O) groups is 1. The van der Waals surface area contributed by atoms with Crippen molar-refractivity contribution in [2.75, 3.05) is 19.6 Å². The highest BCUT2D eigenvalue weighted by Crippen LogP contribution is 2.24. The third-order valence-electron chi connectivity index (χ3n) is 4.65. The predicted molar refractivity (Wildman–Crippen MR) is 94.5 cm³/mol. The van der Waals surface area contributed by atoms with Crippen molar-refractivity contribution in [2.24, 2.45) is 5.92 Å². The van der Waals surface area contributed by atoms with Gasteiger partial charge >= 0.3 is 0 Å². The van der Waals surface area contributed by atoms with Crippen molar-refractivity contribution >= 4 is 18.3 Å². The lowest BCUT2D eigenvalue weighted by atomic mass is 9.99. The largest absolute Gasteiger partial charge is 0.490 e. The minimum Gasteiger partial charge on any atom is -0.490 e. The molecule has 0 spiro atoms. The molecule has 2 fully saturated rings. The first-order valence-corrected chi connectivity index (χ1v) is 8.57. The number of piperidine rings is 1. The topological polar surface area (TPSA) is 50.4 Å². The van der Waals surface area contributed by atoms with Crippen LogP contribution >= 0.6 is 12.4 Å². The molecule has 1 heterocycles. The highest BCUT2D eigenvalue weighted by molar-refractivity contribution is 5.94. The molecule has 1 atom stereocenters. The minimum atomic E-state index is 0. The first-order valence-electron chi connectivity index (χ1n) is 8.57. The highest BCUT2D eigenvalue weighted by Gasteiger charge is 2.18. The van der Waals surface area contributed by atoms with Gasteiger partial charge in [-0.1, -0.05) is 6.07 Å². The summed E-state index contributed by atoms with van der Waals surface area (Å²) in [7, 11) is 0. The van der Waals surface area contributed by atoms with Crippen LogP contribution in [-0.2, 0) is 0 Å². The monoisotopic (exact) mass is 338 g/mol. The molecule has 128 valence electrons. The Morgan fingerprint density at radius 3 is 2.78 bits per heavy atom. The zero-order valence-electron chi connectivity index (χ0n) is 13.6. The average molecular weight is 339 g/mol. The summed E-state index contributed by atoms with van der Waals surface area (Å²) in [5, 5.41) is 6.43. The maximum Gasteiger partial charge on any atom is 0.251 e. The third kappa shape index (κ3) is 5.40. The zero-order chi connectivity index (χ0) is 15.2. The fraction of sp³-hybridized carbons (Fsp3) is 0.611. The molecule has 1 aliphatic carbocycles. The molecular formula is C18H27ClN2O2. The van der Waals surface area contributed by atoms with Crippen LogP contribution in [0.2, 0.25) is 0 Å². The van der Waals surface area contributed by atoms with Crippen molar-refractivity contribution < 1.29 is 9.53 Å². The molecule has 1 aromatic rings. The van der Waals surface area contributed by atoms with Crippen molar-refractivity contribution in [1.29, 1.82) is 0 Å². The van der Waals surface area contributed by atoms with E-state index in [-0.39, 0.29) is 18.3 Å². The van der Waals surface area contributed by atoms with Gasteiger partial charge in [-0.2, -0.15) is 0 Å². The molecule has 4 nitrogen and oxygen atoms in total. The number of hydrogen-bond donors (Lipinski definition) is 2. The predicted octanol–water partition coefficient (Wildman–Crippen LogP) is 3.16. The number of amides is 1. The lowest BCUT2D eigenvalue weighted by Crippen LogP contribution is -2.38. The molecule has 1 saturated carbocycles. The summed E-state index contributed by atoms with van der Waals surface area (Å²) in [6, 6.07) is 7.57. The van der Waals surface area contributed by atoms with Crippen molar-refractivity contribution in [1.82, 2.24) is 10.6 Å². The van der Waals surface area contributed by atoms with E-state index < -0.39 is 0 Å². The minimum absolute atomic E-state index is 0. The Kier molecular flexibility index (Phi) is 7.18. The van der Waals surface area contributed by atoms with E-state index in [1.807, 2.05) is 24.3 Å². The normalized spacial score (nSPS) is 21.5. The Labute approximate surface area is 144 Å². The number of carbonyl (C=O) groups excluding carboxylic acids is 1. The van der Waals surface area contributed by atoms with E-state index in [4.69, 9.17) is 4.74 Å². The number of ether oxygens (including phenoxy) is 1. The second kappa shape index (κ2) is 9.14. The van der Waals surface area contributed by atoms with E-state index in [1.165, 1.54) is 25.7 Å². The van der Waals surface area contributed by atoms with E-state index >= 15 is 0 Å². The molecule has 2 aliphatic rings. The van der Waals surface area contributed by atoms with Gasteiger partial charge in [0.15, 0.2) is 0 Å². The quantitative estimate of drug-likeness (QED) is 0.867. The van der Waals surface area contributed by atoms with Gasteiger partial charge < -0.3 is 15.4 Å². The van der Waals surface area contributed by atoms with Crippen LogP contribution in [-0.4, -0.2) is 31.6 Å². The molecule has 2 N–H and O–H groups in total. The second-order valence-corrected chi connectivity index (χ2v) is 6.47. The molecule has 1 aliphatic heterocycles. The number of nitrogens with one attached hydrogen (secondary N) is 2. The van der Waals surface area contributed by atoms with Crippen LogP contribution in [0.3, 0.4) is 0 Å². The summed E-state index contributed by atoms with van der Waals surface area (Å²) in [5.74, 6) is 1.37. The van der Waals surface area contributed by atoms with Gasteiger partial charge in [-0.3, -0.25) is 4.79 Å². The van der Waals surface area contributed by atoms with Gasteiger partial charge in [0.25, 0.3) is 5.91 Å².